The van der Waals surface area contributed by atoms with Crippen molar-refractivity contribution in [2.75, 3.05) is 28.6 Å². The third-order valence-electron chi connectivity index (χ3n) is 5.38. The molecule has 0 aromatic heterocycles. The van der Waals surface area contributed by atoms with E-state index < -0.39 is 5.25 Å². The highest BCUT2D eigenvalue weighted by atomic mass is 32.2. The molecule has 2 aromatic carbocycles. The van der Waals surface area contributed by atoms with Gasteiger partial charge in [0.25, 0.3) is 0 Å². The largest absolute Gasteiger partial charge is 0.372 e. The Morgan fingerprint density at radius 2 is 1.86 bits per heavy atom. The van der Waals surface area contributed by atoms with Gasteiger partial charge in [-0.15, -0.1) is 11.8 Å². The molecule has 0 aliphatic carbocycles. The molecule has 6 heteroatoms. The topological polar surface area (TPSA) is 61.4 Å². The molecule has 1 atom stereocenters. The number of nitrogens with zero attached hydrogens (tertiary/aromatic N) is 1. The lowest BCUT2D eigenvalue weighted by Gasteiger charge is -2.32. The van der Waals surface area contributed by atoms with Gasteiger partial charge in [0.15, 0.2) is 0 Å². The van der Waals surface area contributed by atoms with E-state index in [9.17, 15) is 9.59 Å². The van der Waals surface area contributed by atoms with Gasteiger partial charge in [-0.25, -0.2) is 0 Å². The van der Waals surface area contributed by atoms with Crippen molar-refractivity contribution >= 4 is 40.6 Å². The zero-order chi connectivity index (χ0) is 19.5. The van der Waals surface area contributed by atoms with Crippen LogP contribution in [0.25, 0.3) is 0 Å². The Morgan fingerprint density at radius 3 is 2.61 bits per heavy atom. The highest BCUT2D eigenvalue weighted by Crippen LogP contribution is 2.36. The van der Waals surface area contributed by atoms with E-state index in [1.165, 1.54) is 30.3 Å². The molecule has 5 nitrogen and oxygen atoms in total. The molecular formula is C22H25N3O2S. The van der Waals surface area contributed by atoms with Gasteiger partial charge in [0.1, 0.15) is 0 Å². The maximum atomic E-state index is 12.4. The highest BCUT2D eigenvalue weighted by molar-refractivity contribution is 8.01. The first-order chi connectivity index (χ1) is 13.6. The lowest BCUT2D eigenvalue weighted by molar-refractivity contribution is -0.120. The molecule has 0 bridgehead atoms. The van der Waals surface area contributed by atoms with Crippen LogP contribution in [0.15, 0.2) is 53.4 Å². The normalized spacial score (nSPS) is 19.7. The van der Waals surface area contributed by atoms with E-state index >= 15 is 0 Å². The average Bonchev–Trinajstić information content (AvgIpc) is 2.70. The minimum atomic E-state index is -0.412. The molecule has 0 unspecified atom stereocenters. The summed E-state index contributed by atoms with van der Waals surface area (Å²) >= 11 is 1.45. The zero-order valence-corrected chi connectivity index (χ0v) is 16.8. The second-order valence-electron chi connectivity index (χ2n) is 7.56. The van der Waals surface area contributed by atoms with Gasteiger partial charge in [0.05, 0.1) is 10.9 Å². The second kappa shape index (κ2) is 8.27. The summed E-state index contributed by atoms with van der Waals surface area (Å²) in [6, 6.07) is 15.7. The van der Waals surface area contributed by atoms with Crippen LogP contribution < -0.4 is 15.5 Å². The predicted octanol–water partition coefficient (Wildman–Crippen LogP) is 4.36. The number of thioether (sulfide) groups is 1. The number of carbonyl (C=O) groups excluding carboxylic acids is 2. The minimum Gasteiger partial charge on any atom is -0.372 e. The minimum absolute atomic E-state index is 0.117. The molecule has 0 radical (unpaired) electrons. The van der Waals surface area contributed by atoms with Crippen LogP contribution in [0.3, 0.4) is 0 Å². The first kappa shape index (κ1) is 18.9. The lowest BCUT2D eigenvalue weighted by Crippen LogP contribution is -2.33. The van der Waals surface area contributed by atoms with Crippen molar-refractivity contribution < 1.29 is 9.59 Å². The third-order valence-corrected chi connectivity index (χ3v) is 6.65. The van der Waals surface area contributed by atoms with E-state index in [1.807, 2.05) is 36.4 Å². The van der Waals surface area contributed by atoms with Crippen molar-refractivity contribution in [3.63, 3.8) is 0 Å². The van der Waals surface area contributed by atoms with Gasteiger partial charge < -0.3 is 15.5 Å². The lowest BCUT2D eigenvalue weighted by atomic mass is 9.99. The van der Waals surface area contributed by atoms with Gasteiger partial charge in [0, 0.05) is 35.8 Å². The standard InChI is InChI=1S/C22H25N3O2S/c1-15-10-12-25(13-11-15)17-8-6-16(7-9-17)23-21(26)14-20-22(27)24-18-4-2-3-5-19(18)28-20/h2-9,15,20H,10-14H2,1H3,(H,23,26)(H,24,27)/t20-/m0/s1. The first-order valence-electron chi connectivity index (χ1n) is 9.80. The number of benzene rings is 2. The van der Waals surface area contributed by atoms with Gasteiger partial charge in [0.2, 0.25) is 11.8 Å². The number of piperidine rings is 1. The average molecular weight is 396 g/mol. The zero-order valence-electron chi connectivity index (χ0n) is 16.0. The van der Waals surface area contributed by atoms with Crippen molar-refractivity contribution in [2.24, 2.45) is 5.92 Å². The second-order valence-corrected chi connectivity index (χ2v) is 8.81. The summed E-state index contributed by atoms with van der Waals surface area (Å²) in [7, 11) is 0. The molecule has 2 heterocycles. The molecule has 146 valence electrons. The first-order valence-corrected chi connectivity index (χ1v) is 10.7. The summed E-state index contributed by atoms with van der Waals surface area (Å²) in [5, 5.41) is 5.39. The number of anilines is 3. The Labute approximate surface area is 169 Å². The smallest absolute Gasteiger partial charge is 0.238 e. The fraction of sp³-hybridized carbons (Fsp3) is 0.364. The summed E-state index contributed by atoms with van der Waals surface area (Å²) in [6.45, 7) is 4.48. The van der Waals surface area contributed by atoms with Crippen LogP contribution in [-0.4, -0.2) is 30.2 Å². The highest BCUT2D eigenvalue weighted by Gasteiger charge is 2.28. The number of amides is 2. The molecular weight excluding hydrogens is 370 g/mol. The van der Waals surface area contributed by atoms with Crippen LogP contribution in [0.4, 0.5) is 17.1 Å². The summed E-state index contributed by atoms with van der Waals surface area (Å²) < 4.78 is 0. The van der Waals surface area contributed by atoms with Crippen molar-refractivity contribution in [2.45, 2.75) is 36.3 Å². The molecule has 2 N–H and O–H groups in total. The molecule has 1 saturated heterocycles. The molecule has 2 amide bonds. The van der Waals surface area contributed by atoms with Crippen LogP contribution in [-0.2, 0) is 9.59 Å². The Kier molecular flexibility index (Phi) is 5.57. The summed E-state index contributed by atoms with van der Waals surface area (Å²) in [4.78, 5) is 28.1. The monoisotopic (exact) mass is 395 g/mol. The third kappa shape index (κ3) is 4.33. The number of fused-ring (bicyclic) bond motifs is 1. The van der Waals surface area contributed by atoms with E-state index in [0.29, 0.717) is 0 Å². The van der Waals surface area contributed by atoms with Gasteiger partial charge in [-0.3, -0.25) is 9.59 Å². The number of rotatable bonds is 4. The van der Waals surface area contributed by atoms with Crippen molar-refractivity contribution in [1.82, 2.24) is 0 Å². The van der Waals surface area contributed by atoms with Gasteiger partial charge in [-0.05, 0) is 55.2 Å². The molecule has 2 aliphatic rings. The summed E-state index contributed by atoms with van der Waals surface area (Å²) in [5.41, 5.74) is 2.78. The molecule has 1 fully saturated rings. The number of hydrogen-bond acceptors (Lipinski definition) is 4. The van der Waals surface area contributed by atoms with Crippen LogP contribution >= 0.6 is 11.8 Å². The van der Waals surface area contributed by atoms with E-state index in [-0.39, 0.29) is 18.2 Å². The maximum Gasteiger partial charge on any atom is 0.238 e. The number of nitrogens with one attached hydrogen (secondary N) is 2. The predicted molar refractivity (Wildman–Crippen MR) is 115 cm³/mol. The van der Waals surface area contributed by atoms with E-state index in [1.54, 1.807) is 0 Å². The molecule has 0 spiro atoms. The van der Waals surface area contributed by atoms with E-state index in [2.05, 4.69) is 34.6 Å². The molecule has 2 aromatic rings. The summed E-state index contributed by atoms with van der Waals surface area (Å²) in [6.07, 6.45) is 2.60. The Morgan fingerprint density at radius 1 is 1.14 bits per heavy atom. The Balaban J connectivity index is 1.33. The van der Waals surface area contributed by atoms with Crippen LogP contribution in [0, 0.1) is 5.92 Å². The molecule has 4 rings (SSSR count). The SMILES string of the molecule is CC1CCN(c2ccc(NC(=O)C[C@@H]3Sc4ccccc4NC3=O)cc2)CC1. The fourth-order valence-corrected chi connectivity index (χ4v) is 4.74. The van der Waals surface area contributed by atoms with Gasteiger partial charge in [-0.1, -0.05) is 19.1 Å². The summed E-state index contributed by atoms with van der Waals surface area (Å²) in [5.74, 6) is 0.539. The quantitative estimate of drug-likeness (QED) is 0.807. The number of carbonyl (C=O) groups is 2. The molecule has 28 heavy (non-hydrogen) atoms. The molecule has 0 saturated carbocycles. The van der Waals surface area contributed by atoms with Crippen molar-refractivity contribution in [3.8, 4) is 0 Å². The fourth-order valence-electron chi connectivity index (χ4n) is 3.63. The molecule has 2 aliphatic heterocycles. The van der Waals surface area contributed by atoms with Gasteiger partial charge in [-0.2, -0.15) is 0 Å². The van der Waals surface area contributed by atoms with Crippen LogP contribution in [0.5, 0.6) is 0 Å². The number of hydrogen-bond donors (Lipinski definition) is 2. The Bertz CT molecular complexity index is 860. The van der Waals surface area contributed by atoms with Crippen molar-refractivity contribution in [3.05, 3.63) is 48.5 Å². The van der Waals surface area contributed by atoms with E-state index in [0.717, 1.165) is 35.3 Å². The van der Waals surface area contributed by atoms with E-state index in [4.69, 9.17) is 0 Å². The maximum absolute atomic E-state index is 12.4. The Hall–Kier alpha value is -2.47. The van der Waals surface area contributed by atoms with Gasteiger partial charge >= 0.3 is 0 Å². The number of para-hydroxylation sites is 1. The van der Waals surface area contributed by atoms with Crippen LogP contribution in [0.2, 0.25) is 0 Å². The van der Waals surface area contributed by atoms with Crippen LogP contribution in [0.1, 0.15) is 26.2 Å². The van der Waals surface area contributed by atoms with Crippen molar-refractivity contribution in [1.29, 1.82) is 0 Å².